The number of pyridine rings is 1. The number of aromatic nitrogens is 1. The first-order valence-corrected chi connectivity index (χ1v) is 10.7. The summed E-state index contributed by atoms with van der Waals surface area (Å²) in [6, 6.07) is 11.0. The highest BCUT2D eigenvalue weighted by Crippen LogP contribution is 2.48. The molecule has 4 rings (SSSR count). The predicted molar refractivity (Wildman–Crippen MR) is 114 cm³/mol. The Morgan fingerprint density at radius 1 is 1.25 bits per heavy atom. The lowest BCUT2D eigenvalue weighted by atomic mass is 10.1. The van der Waals surface area contributed by atoms with E-state index in [0.29, 0.717) is 12.3 Å². The van der Waals surface area contributed by atoms with Crippen LogP contribution in [0.4, 0.5) is 19.4 Å². The minimum absolute atomic E-state index is 0.0178. The zero-order valence-corrected chi connectivity index (χ0v) is 18.1. The number of ether oxygens (including phenoxy) is 3. The van der Waals surface area contributed by atoms with Gasteiger partial charge in [0.15, 0.2) is 0 Å². The molecule has 0 radical (unpaired) electrons. The number of carbonyl (C=O) groups is 1. The molecule has 1 aliphatic carbocycles. The van der Waals surface area contributed by atoms with Gasteiger partial charge >= 0.3 is 6.09 Å². The molecule has 2 heterocycles. The van der Waals surface area contributed by atoms with E-state index in [1.54, 1.807) is 12.3 Å². The smallest absolute Gasteiger partial charge is 0.407 e. The fourth-order valence-electron chi connectivity index (χ4n) is 3.67. The summed E-state index contributed by atoms with van der Waals surface area (Å²) in [5.41, 5.74) is 0.952. The Kier molecular flexibility index (Phi) is 6.34. The second-order valence-corrected chi connectivity index (χ2v) is 8.23. The Morgan fingerprint density at radius 3 is 2.59 bits per heavy atom. The minimum Gasteiger partial charge on any atom is -0.491 e. The molecule has 9 heteroatoms. The topological polar surface area (TPSA) is 72.9 Å². The van der Waals surface area contributed by atoms with Crippen LogP contribution in [0.5, 0.6) is 11.5 Å². The molecule has 2 fully saturated rings. The van der Waals surface area contributed by atoms with Crippen molar-refractivity contribution >= 4 is 11.9 Å². The summed E-state index contributed by atoms with van der Waals surface area (Å²) in [6.07, 6.45) is 1.90. The fraction of sp³-hybridized carbons (Fsp3) is 0.478. The number of nitrogens with zero attached hydrogens (tertiary/aromatic N) is 2. The van der Waals surface area contributed by atoms with Crippen LogP contribution in [0, 0.1) is 5.92 Å². The second kappa shape index (κ2) is 9.18. The van der Waals surface area contributed by atoms with Crippen LogP contribution < -0.4 is 19.7 Å². The molecule has 2 aromatic rings. The Morgan fingerprint density at radius 2 is 1.97 bits per heavy atom. The highest BCUT2D eigenvalue weighted by molar-refractivity contribution is 5.67. The molecule has 1 saturated carbocycles. The third-order valence-corrected chi connectivity index (χ3v) is 5.80. The van der Waals surface area contributed by atoms with E-state index in [0.717, 1.165) is 30.1 Å². The average Bonchev–Trinajstić information content (AvgIpc) is 3.16. The molecular weight excluding hydrogens is 420 g/mol. The quantitative estimate of drug-likeness (QED) is 0.654. The number of benzene rings is 1. The van der Waals surface area contributed by atoms with Crippen LogP contribution in [0.15, 0.2) is 42.6 Å². The van der Waals surface area contributed by atoms with Gasteiger partial charge in [0.2, 0.25) is 0 Å². The van der Waals surface area contributed by atoms with Gasteiger partial charge in [-0.15, -0.1) is 0 Å². The van der Waals surface area contributed by atoms with E-state index in [2.05, 4.69) is 19.9 Å². The van der Waals surface area contributed by atoms with Crippen molar-refractivity contribution in [3.63, 3.8) is 0 Å². The fourth-order valence-corrected chi connectivity index (χ4v) is 3.67. The molecule has 0 bridgehead atoms. The lowest BCUT2D eigenvalue weighted by Gasteiger charge is -2.19. The molecule has 1 aromatic carbocycles. The summed E-state index contributed by atoms with van der Waals surface area (Å²) in [4.78, 5) is 17.9. The van der Waals surface area contributed by atoms with Crippen molar-refractivity contribution in [3.05, 3.63) is 48.2 Å². The van der Waals surface area contributed by atoms with Crippen molar-refractivity contribution in [2.75, 3.05) is 31.7 Å². The van der Waals surface area contributed by atoms with Gasteiger partial charge in [-0.05, 0) is 36.8 Å². The van der Waals surface area contributed by atoms with Crippen LogP contribution in [0.2, 0.25) is 0 Å². The third kappa shape index (κ3) is 5.38. The standard InChI is InChI=1S/C23H27F2N3O4/c1-15(27-22(29)30-2)16-3-5-18(6-4-16)32-20-9-10-28(13-20)21-8-7-19(12-26-21)31-14-17-11-23(17,24)25/h3-8,12,15,17,20H,9-11,13-14H2,1-2H3,(H,27,29). The van der Waals surface area contributed by atoms with Crippen molar-refractivity contribution in [1.29, 1.82) is 0 Å². The molecule has 3 unspecified atom stereocenters. The summed E-state index contributed by atoms with van der Waals surface area (Å²) in [6.45, 7) is 3.41. The van der Waals surface area contributed by atoms with E-state index >= 15 is 0 Å². The number of methoxy groups -OCH3 is 1. The van der Waals surface area contributed by atoms with Crippen LogP contribution in [0.1, 0.15) is 31.4 Å². The van der Waals surface area contributed by atoms with Crippen molar-refractivity contribution < 1.29 is 27.8 Å². The van der Waals surface area contributed by atoms with Crippen LogP contribution in [0.25, 0.3) is 0 Å². The maximum atomic E-state index is 12.9. The molecule has 1 aromatic heterocycles. The minimum atomic E-state index is -2.57. The van der Waals surface area contributed by atoms with Crippen molar-refractivity contribution in [2.24, 2.45) is 5.92 Å². The maximum absolute atomic E-state index is 12.9. The van der Waals surface area contributed by atoms with Gasteiger partial charge in [-0.3, -0.25) is 0 Å². The third-order valence-electron chi connectivity index (χ3n) is 5.80. The van der Waals surface area contributed by atoms with Gasteiger partial charge in [-0.2, -0.15) is 0 Å². The van der Waals surface area contributed by atoms with E-state index in [1.807, 2.05) is 37.3 Å². The van der Waals surface area contributed by atoms with Gasteiger partial charge in [0.25, 0.3) is 5.92 Å². The zero-order valence-electron chi connectivity index (χ0n) is 18.1. The number of anilines is 1. The van der Waals surface area contributed by atoms with Gasteiger partial charge < -0.3 is 24.4 Å². The van der Waals surface area contributed by atoms with E-state index in [1.165, 1.54) is 7.11 Å². The van der Waals surface area contributed by atoms with Gasteiger partial charge in [-0.25, -0.2) is 18.6 Å². The average molecular weight is 447 g/mol. The van der Waals surface area contributed by atoms with E-state index in [-0.39, 0.29) is 25.2 Å². The van der Waals surface area contributed by atoms with Crippen LogP contribution in [-0.4, -0.2) is 49.9 Å². The van der Waals surface area contributed by atoms with E-state index < -0.39 is 17.9 Å². The lowest BCUT2D eigenvalue weighted by molar-refractivity contribution is 0.0855. The molecule has 3 atom stereocenters. The molecular formula is C23H27F2N3O4. The van der Waals surface area contributed by atoms with Crippen LogP contribution in [-0.2, 0) is 4.74 Å². The van der Waals surface area contributed by atoms with Crippen LogP contribution >= 0.6 is 0 Å². The monoisotopic (exact) mass is 447 g/mol. The largest absolute Gasteiger partial charge is 0.491 e. The number of alkyl carbamates (subject to hydrolysis) is 1. The summed E-state index contributed by atoms with van der Waals surface area (Å²) >= 11 is 0. The molecule has 0 spiro atoms. The number of nitrogens with one attached hydrogen (secondary N) is 1. The van der Waals surface area contributed by atoms with Gasteiger partial charge in [0.05, 0.1) is 38.4 Å². The summed E-state index contributed by atoms with van der Waals surface area (Å²) in [7, 11) is 1.33. The van der Waals surface area contributed by atoms with Gasteiger partial charge in [0, 0.05) is 19.4 Å². The van der Waals surface area contributed by atoms with Gasteiger partial charge in [-0.1, -0.05) is 12.1 Å². The molecule has 2 aliphatic rings. The van der Waals surface area contributed by atoms with Gasteiger partial charge in [0.1, 0.15) is 23.4 Å². The van der Waals surface area contributed by atoms with E-state index in [9.17, 15) is 13.6 Å². The van der Waals surface area contributed by atoms with Crippen LogP contribution in [0.3, 0.4) is 0 Å². The lowest BCUT2D eigenvalue weighted by Crippen LogP contribution is -2.26. The molecule has 7 nitrogen and oxygen atoms in total. The SMILES string of the molecule is COC(=O)NC(C)c1ccc(OC2CCN(c3ccc(OCC4CC4(F)F)cn3)C2)cc1. The summed E-state index contributed by atoms with van der Waals surface area (Å²) < 4.78 is 42.0. The zero-order chi connectivity index (χ0) is 22.7. The first-order valence-electron chi connectivity index (χ1n) is 10.7. The maximum Gasteiger partial charge on any atom is 0.407 e. The molecule has 1 N–H and O–H groups in total. The summed E-state index contributed by atoms with van der Waals surface area (Å²) in [5, 5.41) is 2.73. The summed E-state index contributed by atoms with van der Waals surface area (Å²) in [5.74, 6) is -1.19. The predicted octanol–water partition coefficient (Wildman–Crippen LogP) is 4.19. The highest BCUT2D eigenvalue weighted by atomic mass is 19.3. The Labute approximate surface area is 185 Å². The number of hydrogen-bond acceptors (Lipinski definition) is 6. The molecule has 1 amide bonds. The van der Waals surface area contributed by atoms with Crippen molar-refractivity contribution in [1.82, 2.24) is 10.3 Å². The molecule has 1 saturated heterocycles. The Hall–Kier alpha value is -3.10. The number of halogens is 2. The first-order chi connectivity index (χ1) is 15.3. The van der Waals surface area contributed by atoms with Crippen molar-refractivity contribution in [3.8, 4) is 11.5 Å². The number of rotatable bonds is 8. The number of hydrogen-bond donors (Lipinski definition) is 1. The Balaban J connectivity index is 1.25. The highest BCUT2D eigenvalue weighted by Gasteiger charge is 2.57. The number of alkyl halides is 2. The normalized spacial score (nSPS) is 22.2. The number of carbonyl (C=O) groups excluding carboxylic acids is 1. The number of amides is 1. The molecule has 172 valence electrons. The van der Waals surface area contributed by atoms with E-state index in [4.69, 9.17) is 9.47 Å². The second-order valence-electron chi connectivity index (χ2n) is 8.23. The first kappa shape index (κ1) is 22.1. The molecule has 32 heavy (non-hydrogen) atoms. The Bertz CT molecular complexity index is 924. The van der Waals surface area contributed by atoms with Crippen molar-refractivity contribution in [2.45, 2.75) is 37.8 Å². The molecule has 1 aliphatic heterocycles.